The number of hydrogen-bond acceptors (Lipinski definition) is 3. The Balaban J connectivity index is 2.57. The van der Waals surface area contributed by atoms with Crippen LogP contribution in [0, 0.1) is 5.92 Å². The van der Waals surface area contributed by atoms with E-state index in [1.165, 1.54) is 0 Å². The lowest BCUT2D eigenvalue weighted by Crippen LogP contribution is -2.37. The fourth-order valence-corrected chi connectivity index (χ4v) is 1.80. The highest BCUT2D eigenvalue weighted by Crippen LogP contribution is 2.25. The average Bonchev–Trinajstić information content (AvgIpc) is 2.38. The first kappa shape index (κ1) is 16.5. The molecule has 0 aliphatic heterocycles. The SMILES string of the molecule is CC(C)CCNC(=O)C(C)Oc1ccccc1C(C)O. The van der Waals surface area contributed by atoms with Crippen molar-refractivity contribution in [2.75, 3.05) is 6.54 Å². The van der Waals surface area contributed by atoms with Gasteiger partial charge in [0.2, 0.25) is 0 Å². The molecule has 2 unspecified atom stereocenters. The normalized spacial score (nSPS) is 13.9. The molecule has 2 atom stereocenters. The summed E-state index contributed by atoms with van der Waals surface area (Å²) in [6.07, 6.45) is -0.257. The van der Waals surface area contributed by atoms with Crippen LogP contribution in [0.3, 0.4) is 0 Å². The Labute approximate surface area is 121 Å². The number of benzene rings is 1. The quantitative estimate of drug-likeness (QED) is 0.806. The van der Waals surface area contributed by atoms with Crippen LogP contribution in [0.5, 0.6) is 5.75 Å². The number of carbonyl (C=O) groups excluding carboxylic acids is 1. The Morgan fingerprint density at radius 2 is 1.90 bits per heavy atom. The van der Waals surface area contributed by atoms with Crippen molar-refractivity contribution in [3.05, 3.63) is 29.8 Å². The van der Waals surface area contributed by atoms with Crippen molar-refractivity contribution in [3.8, 4) is 5.75 Å². The van der Waals surface area contributed by atoms with Crippen LogP contribution in [-0.4, -0.2) is 23.7 Å². The number of ether oxygens (including phenoxy) is 1. The van der Waals surface area contributed by atoms with Gasteiger partial charge in [0.25, 0.3) is 5.91 Å². The van der Waals surface area contributed by atoms with Gasteiger partial charge in [0.05, 0.1) is 6.10 Å². The lowest BCUT2D eigenvalue weighted by molar-refractivity contribution is -0.127. The Hall–Kier alpha value is -1.55. The van der Waals surface area contributed by atoms with E-state index in [9.17, 15) is 9.90 Å². The van der Waals surface area contributed by atoms with Gasteiger partial charge in [-0.05, 0) is 32.3 Å². The summed E-state index contributed by atoms with van der Waals surface area (Å²) in [7, 11) is 0. The molecule has 20 heavy (non-hydrogen) atoms. The third kappa shape index (κ3) is 5.21. The van der Waals surface area contributed by atoms with Crippen LogP contribution in [0.25, 0.3) is 0 Å². The number of aliphatic hydroxyl groups is 1. The summed E-state index contributed by atoms with van der Waals surface area (Å²) in [4.78, 5) is 11.9. The molecule has 0 aromatic heterocycles. The van der Waals surface area contributed by atoms with Crippen molar-refractivity contribution < 1.29 is 14.6 Å². The van der Waals surface area contributed by atoms with Crippen molar-refractivity contribution in [2.45, 2.75) is 46.3 Å². The molecule has 1 rings (SSSR count). The number of para-hydroxylation sites is 1. The molecular weight excluding hydrogens is 254 g/mol. The molecule has 1 aromatic carbocycles. The summed E-state index contributed by atoms with van der Waals surface area (Å²) in [5.41, 5.74) is 0.689. The van der Waals surface area contributed by atoms with E-state index in [0.29, 0.717) is 23.8 Å². The predicted molar refractivity (Wildman–Crippen MR) is 79.6 cm³/mol. The Kier molecular flexibility index (Phi) is 6.52. The van der Waals surface area contributed by atoms with Crippen molar-refractivity contribution in [2.24, 2.45) is 5.92 Å². The number of hydrogen-bond donors (Lipinski definition) is 2. The maximum atomic E-state index is 11.9. The van der Waals surface area contributed by atoms with Crippen LogP contribution < -0.4 is 10.1 Å². The van der Waals surface area contributed by atoms with Gasteiger partial charge in [-0.25, -0.2) is 0 Å². The molecule has 0 bridgehead atoms. The highest BCUT2D eigenvalue weighted by molar-refractivity contribution is 5.80. The standard InChI is InChI=1S/C16H25NO3/c1-11(2)9-10-17-16(19)13(4)20-15-8-6-5-7-14(15)12(3)18/h5-8,11-13,18H,9-10H2,1-4H3,(H,17,19). The first-order valence-corrected chi connectivity index (χ1v) is 7.13. The second-order valence-corrected chi connectivity index (χ2v) is 5.45. The summed E-state index contributed by atoms with van der Waals surface area (Å²) in [5, 5.41) is 12.5. The lowest BCUT2D eigenvalue weighted by Gasteiger charge is -2.18. The van der Waals surface area contributed by atoms with Gasteiger partial charge < -0.3 is 15.2 Å². The van der Waals surface area contributed by atoms with E-state index in [1.807, 2.05) is 12.1 Å². The molecule has 0 aliphatic carbocycles. The van der Waals surface area contributed by atoms with E-state index in [2.05, 4.69) is 19.2 Å². The fourth-order valence-electron chi connectivity index (χ4n) is 1.80. The van der Waals surface area contributed by atoms with E-state index in [4.69, 9.17) is 4.74 Å². The van der Waals surface area contributed by atoms with Gasteiger partial charge >= 0.3 is 0 Å². The predicted octanol–water partition coefficient (Wildman–Crippen LogP) is 2.67. The first-order chi connectivity index (χ1) is 9.41. The lowest BCUT2D eigenvalue weighted by atomic mass is 10.1. The molecule has 0 saturated heterocycles. The summed E-state index contributed by atoms with van der Waals surface area (Å²) in [6, 6.07) is 7.22. The number of amides is 1. The molecule has 0 aliphatic rings. The van der Waals surface area contributed by atoms with Crippen LogP contribution in [0.15, 0.2) is 24.3 Å². The van der Waals surface area contributed by atoms with Crippen LogP contribution in [0.4, 0.5) is 0 Å². The van der Waals surface area contributed by atoms with Gasteiger partial charge in [-0.15, -0.1) is 0 Å². The summed E-state index contributed by atoms with van der Waals surface area (Å²) in [6.45, 7) is 8.28. The fraction of sp³-hybridized carbons (Fsp3) is 0.562. The highest BCUT2D eigenvalue weighted by atomic mass is 16.5. The second kappa shape index (κ2) is 7.90. The molecule has 0 fully saturated rings. The van der Waals surface area contributed by atoms with E-state index in [-0.39, 0.29) is 5.91 Å². The van der Waals surface area contributed by atoms with Crippen LogP contribution in [0.2, 0.25) is 0 Å². The minimum Gasteiger partial charge on any atom is -0.481 e. The first-order valence-electron chi connectivity index (χ1n) is 7.13. The molecule has 4 nitrogen and oxygen atoms in total. The maximum Gasteiger partial charge on any atom is 0.260 e. The highest BCUT2D eigenvalue weighted by Gasteiger charge is 2.17. The number of carbonyl (C=O) groups is 1. The third-order valence-corrected chi connectivity index (χ3v) is 3.06. The zero-order valence-corrected chi connectivity index (χ0v) is 12.7. The third-order valence-electron chi connectivity index (χ3n) is 3.06. The number of aliphatic hydroxyl groups excluding tert-OH is 1. The van der Waals surface area contributed by atoms with Gasteiger partial charge in [-0.1, -0.05) is 32.0 Å². The molecule has 2 N–H and O–H groups in total. The molecule has 1 aromatic rings. The summed E-state index contributed by atoms with van der Waals surface area (Å²) >= 11 is 0. The van der Waals surface area contributed by atoms with Gasteiger partial charge in [-0.3, -0.25) is 4.79 Å². The molecule has 0 heterocycles. The van der Waals surface area contributed by atoms with Gasteiger partial charge in [-0.2, -0.15) is 0 Å². The van der Waals surface area contributed by atoms with Crippen molar-refractivity contribution in [1.82, 2.24) is 5.32 Å². The topological polar surface area (TPSA) is 58.6 Å². The minimum atomic E-state index is -0.623. The maximum absolute atomic E-state index is 11.9. The summed E-state index contributed by atoms with van der Waals surface area (Å²) in [5.74, 6) is 0.975. The zero-order chi connectivity index (χ0) is 15.1. The monoisotopic (exact) mass is 279 g/mol. The minimum absolute atomic E-state index is 0.133. The largest absolute Gasteiger partial charge is 0.481 e. The second-order valence-electron chi connectivity index (χ2n) is 5.45. The van der Waals surface area contributed by atoms with E-state index < -0.39 is 12.2 Å². The Bertz CT molecular complexity index is 429. The smallest absolute Gasteiger partial charge is 0.260 e. The van der Waals surface area contributed by atoms with E-state index in [0.717, 1.165) is 6.42 Å². The Morgan fingerprint density at radius 3 is 2.50 bits per heavy atom. The molecule has 0 radical (unpaired) electrons. The van der Waals surface area contributed by atoms with Crippen LogP contribution >= 0.6 is 0 Å². The van der Waals surface area contributed by atoms with Gasteiger partial charge in [0.1, 0.15) is 5.75 Å². The average molecular weight is 279 g/mol. The number of nitrogens with one attached hydrogen (secondary N) is 1. The van der Waals surface area contributed by atoms with E-state index >= 15 is 0 Å². The number of rotatable bonds is 7. The molecule has 0 saturated carbocycles. The summed E-state index contributed by atoms with van der Waals surface area (Å²) < 4.78 is 5.65. The van der Waals surface area contributed by atoms with Crippen LogP contribution in [0.1, 0.15) is 45.8 Å². The zero-order valence-electron chi connectivity index (χ0n) is 12.7. The van der Waals surface area contributed by atoms with Crippen molar-refractivity contribution in [1.29, 1.82) is 0 Å². The van der Waals surface area contributed by atoms with Gasteiger partial charge in [0.15, 0.2) is 6.10 Å². The van der Waals surface area contributed by atoms with Crippen molar-refractivity contribution >= 4 is 5.91 Å². The van der Waals surface area contributed by atoms with Gasteiger partial charge in [0, 0.05) is 12.1 Å². The Morgan fingerprint density at radius 1 is 1.25 bits per heavy atom. The molecule has 1 amide bonds. The molecule has 4 heteroatoms. The molecular formula is C16H25NO3. The molecule has 112 valence electrons. The van der Waals surface area contributed by atoms with Crippen molar-refractivity contribution in [3.63, 3.8) is 0 Å². The van der Waals surface area contributed by atoms with Crippen LogP contribution in [-0.2, 0) is 4.79 Å². The molecule has 0 spiro atoms. The van der Waals surface area contributed by atoms with E-state index in [1.54, 1.807) is 26.0 Å².